The summed E-state index contributed by atoms with van der Waals surface area (Å²) in [4.78, 5) is 0. The predicted molar refractivity (Wildman–Crippen MR) is 86.9 cm³/mol. The number of hydrogen-bond acceptors (Lipinski definition) is 4. The van der Waals surface area contributed by atoms with Crippen LogP contribution in [0.5, 0.6) is 5.75 Å². The first-order valence-electron chi connectivity index (χ1n) is 5.95. The maximum atomic E-state index is 11.8. The van der Waals surface area contributed by atoms with Crippen LogP contribution in [-0.4, -0.2) is 21.6 Å². The van der Waals surface area contributed by atoms with Gasteiger partial charge in [0.05, 0.1) is 6.54 Å². The van der Waals surface area contributed by atoms with Gasteiger partial charge in [0.1, 0.15) is 16.6 Å². The highest BCUT2D eigenvalue weighted by atomic mass is 79.9. The summed E-state index contributed by atoms with van der Waals surface area (Å²) < 4.78 is 32.6. The van der Waals surface area contributed by atoms with E-state index in [1.54, 1.807) is 17.5 Å². The number of nitrogens with one attached hydrogen (secondary N) is 1. The SMILES string of the molecule is O=S(=O)(NCC#CCOc1cccc(Br)c1)c1cccs1. The largest absolute Gasteiger partial charge is 0.481 e. The fourth-order valence-corrected chi connectivity index (χ4v) is 3.75. The van der Waals surface area contributed by atoms with Crippen molar-refractivity contribution in [3.05, 3.63) is 46.3 Å². The van der Waals surface area contributed by atoms with Gasteiger partial charge in [-0.15, -0.1) is 11.3 Å². The molecule has 0 spiro atoms. The summed E-state index contributed by atoms with van der Waals surface area (Å²) in [5, 5.41) is 1.71. The van der Waals surface area contributed by atoms with Crippen LogP contribution in [0.4, 0.5) is 0 Å². The van der Waals surface area contributed by atoms with Crippen LogP contribution in [-0.2, 0) is 10.0 Å². The lowest BCUT2D eigenvalue weighted by Crippen LogP contribution is -2.23. The molecule has 0 amide bonds. The van der Waals surface area contributed by atoms with Gasteiger partial charge in [-0.2, -0.15) is 4.72 Å². The van der Waals surface area contributed by atoms with Gasteiger partial charge < -0.3 is 4.74 Å². The third-order valence-electron chi connectivity index (χ3n) is 2.34. The van der Waals surface area contributed by atoms with Gasteiger partial charge in [0, 0.05) is 4.47 Å². The van der Waals surface area contributed by atoms with E-state index in [2.05, 4.69) is 32.5 Å². The fraction of sp³-hybridized carbons (Fsp3) is 0.143. The smallest absolute Gasteiger partial charge is 0.250 e. The van der Waals surface area contributed by atoms with Crippen LogP contribution >= 0.6 is 27.3 Å². The van der Waals surface area contributed by atoms with Crippen molar-refractivity contribution in [3.8, 4) is 17.6 Å². The molecule has 1 aromatic carbocycles. The molecule has 0 bridgehead atoms. The van der Waals surface area contributed by atoms with Crippen molar-refractivity contribution >= 4 is 37.3 Å². The summed E-state index contributed by atoms with van der Waals surface area (Å²) in [6.45, 7) is 0.263. The molecule has 21 heavy (non-hydrogen) atoms. The molecule has 1 N–H and O–H groups in total. The Morgan fingerprint density at radius 2 is 2.10 bits per heavy atom. The summed E-state index contributed by atoms with van der Waals surface area (Å²) >= 11 is 4.51. The second-order valence-electron chi connectivity index (χ2n) is 3.86. The van der Waals surface area contributed by atoms with Crippen molar-refractivity contribution in [3.63, 3.8) is 0 Å². The highest BCUT2D eigenvalue weighted by molar-refractivity contribution is 9.10. The van der Waals surface area contributed by atoms with Gasteiger partial charge in [0.15, 0.2) is 0 Å². The Balaban J connectivity index is 1.77. The highest BCUT2D eigenvalue weighted by Crippen LogP contribution is 2.17. The molecule has 0 unspecified atom stereocenters. The maximum absolute atomic E-state index is 11.8. The van der Waals surface area contributed by atoms with Gasteiger partial charge in [0.25, 0.3) is 10.0 Å². The Labute approximate surface area is 136 Å². The Bertz CT molecular complexity index is 746. The molecule has 0 fully saturated rings. The first-order valence-corrected chi connectivity index (χ1v) is 9.11. The van der Waals surface area contributed by atoms with Crippen LogP contribution in [0, 0.1) is 11.8 Å². The van der Waals surface area contributed by atoms with Crippen LogP contribution in [0.15, 0.2) is 50.5 Å². The average Bonchev–Trinajstić information content (AvgIpc) is 2.97. The number of thiophene rings is 1. The van der Waals surface area contributed by atoms with Gasteiger partial charge in [0.2, 0.25) is 0 Å². The highest BCUT2D eigenvalue weighted by Gasteiger charge is 2.12. The molecule has 4 nitrogen and oxygen atoms in total. The molecule has 0 atom stereocenters. The number of benzene rings is 1. The first-order chi connectivity index (χ1) is 10.1. The van der Waals surface area contributed by atoms with E-state index in [-0.39, 0.29) is 17.4 Å². The minimum absolute atomic E-state index is 0.0576. The first kappa shape index (κ1) is 16.0. The fourth-order valence-electron chi connectivity index (χ4n) is 1.41. The number of sulfonamides is 1. The van der Waals surface area contributed by atoms with E-state index < -0.39 is 10.0 Å². The molecule has 0 aliphatic carbocycles. The lowest BCUT2D eigenvalue weighted by Gasteiger charge is -2.01. The summed E-state index contributed by atoms with van der Waals surface area (Å²) in [7, 11) is -3.44. The lowest BCUT2D eigenvalue weighted by atomic mass is 10.3. The zero-order chi connectivity index (χ0) is 15.1. The van der Waals surface area contributed by atoms with E-state index in [1.807, 2.05) is 24.3 Å². The van der Waals surface area contributed by atoms with Crippen LogP contribution in [0.2, 0.25) is 0 Å². The van der Waals surface area contributed by atoms with E-state index in [0.717, 1.165) is 4.47 Å². The molecular weight excluding hydrogens is 374 g/mol. The Morgan fingerprint density at radius 3 is 2.81 bits per heavy atom. The number of halogens is 1. The molecule has 7 heteroatoms. The van der Waals surface area contributed by atoms with Crippen LogP contribution in [0.3, 0.4) is 0 Å². The molecule has 0 aliphatic rings. The van der Waals surface area contributed by atoms with Crippen molar-refractivity contribution in [1.29, 1.82) is 0 Å². The Hall–Kier alpha value is -1.33. The molecule has 110 valence electrons. The van der Waals surface area contributed by atoms with Crippen LogP contribution in [0.25, 0.3) is 0 Å². The normalized spacial score (nSPS) is 10.7. The van der Waals surface area contributed by atoms with E-state index in [1.165, 1.54) is 11.3 Å². The Kier molecular flexibility index (Phi) is 5.82. The molecule has 2 aromatic rings. The number of rotatable bonds is 5. The van der Waals surface area contributed by atoms with Crippen molar-refractivity contribution in [2.24, 2.45) is 0 Å². The molecule has 0 radical (unpaired) electrons. The average molecular weight is 386 g/mol. The quantitative estimate of drug-likeness (QED) is 0.805. The summed E-state index contributed by atoms with van der Waals surface area (Å²) in [6.07, 6.45) is 0. The molecule has 1 aromatic heterocycles. The third-order valence-corrected chi connectivity index (χ3v) is 5.63. The van der Waals surface area contributed by atoms with E-state index in [9.17, 15) is 8.42 Å². The topological polar surface area (TPSA) is 55.4 Å². The molecule has 0 saturated carbocycles. The summed E-state index contributed by atoms with van der Waals surface area (Å²) in [5.41, 5.74) is 0. The number of ether oxygens (including phenoxy) is 1. The van der Waals surface area contributed by atoms with Gasteiger partial charge in [-0.1, -0.05) is 39.9 Å². The standard InChI is InChI=1S/C14H12BrNO3S2/c15-12-5-3-6-13(11-12)19-9-2-1-8-16-21(17,18)14-7-4-10-20-14/h3-7,10-11,16H,8-9H2. The van der Waals surface area contributed by atoms with Crippen molar-refractivity contribution in [2.75, 3.05) is 13.2 Å². The molecule has 0 saturated heterocycles. The maximum Gasteiger partial charge on any atom is 0.250 e. The zero-order valence-corrected chi connectivity index (χ0v) is 14.1. The second-order valence-corrected chi connectivity index (χ2v) is 7.71. The van der Waals surface area contributed by atoms with Crippen molar-refractivity contribution < 1.29 is 13.2 Å². The van der Waals surface area contributed by atoms with Gasteiger partial charge >= 0.3 is 0 Å². The van der Waals surface area contributed by atoms with E-state index >= 15 is 0 Å². The van der Waals surface area contributed by atoms with E-state index in [0.29, 0.717) is 5.75 Å². The van der Waals surface area contributed by atoms with Gasteiger partial charge in [-0.3, -0.25) is 0 Å². The van der Waals surface area contributed by atoms with Crippen LogP contribution in [0.1, 0.15) is 0 Å². The third kappa shape index (κ3) is 5.17. The second kappa shape index (κ2) is 7.61. The zero-order valence-electron chi connectivity index (χ0n) is 10.9. The predicted octanol–water partition coefficient (Wildman–Crippen LogP) is 2.87. The minimum atomic E-state index is -3.44. The molecule has 1 heterocycles. The Morgan fingerprint density at radius 1 is 1.24 bits per heavy atom. The summed E-state index contributed by atoms with van der Waals surface area (Å²) in [6, 6.07) is 10.7. The van der Waals surface area contributed by atoms with Gasteiger partial charge in [-0.25, -0.2) is 8.42 Å². The molecule has 0 aliphatic heterocycles. The lowest BCUT2D eigenvalue weighted by molar-refractivity contribution is 0.370. The van der Waals surface area contributed by atoms with Gasteiger partial charge in [-0.05, 0) is 29.6 Å². The van der Waals surface area contributed by atoms with Crippen molar-refractivity contribution in [1.82, 2.24) is 4.72 Å². The molecular formula is C14H12BrNO3S2. The summed E-state index contributed by atoms with van der Waals surface area (Å²) in [5.74, 6) is 6.18. The number of hydrogen-bond donors (Lipinski definition) is 1. The monoisotopic (exact) mass is 385 g/mol. The minimum Gasteiger partial charge on any atom is -0.481 e. The van der Waals surface area contributed by atoms with Crippen LogP contribution < -0.4 is 9.46 Å². The van der Waals surface area contributed by atoms with E-state index in [4.69, 9.17) is 4.74 Å². The van der Waals surface area contributed by atoms with Crippen molar-refractivity contribution in [2.45, 2.75) is 4.21 Å². The molecule has 2 rings (SSSR count).